The van der Waals surface area contributed by atoms with Crippen LogP contribution in [0.25, 0.3) is 0 Å². The second kappa shape index (κ2) is 3.59. The molecule has 0 saturated carbocycles. The third-order valence-corrected chi connectivity index (χ3v) is 6.97. The number of hydrogen-bond donors (Lipinski definition) is 0. The zero-order valence-electron chi connectivity index (χ0n) is 9.96. The molecular formula is C11H24IN2+. The standard InChI is InChI=1S/C11H24IN2/c1-12-14(4)8-10-5-11(9-14)7-13(2,3)6-10/h10-11H,5-9H2,1-4H3/q+1. The quantitative estimate of drug-likeness (QED) is 0.223. The third kappa shape index (κ3) is 2.25. The van der Waals surface area contributed by atoms with Gasteiger partial charge in [0.25, 0.3) is 0 Å². The fourth-order valence-electron chi connectivity index (χ4n) is 3.65. The summed E-state index contributed by atoms with van der Waals surface area (Å²) in [5.41, 5.74) is 0. The van der Waals surface area contributed by atoms with Gasteiger partial charge in [-0.2, -0.15) is 0 Å². The van der Waals surface area contributed by atoms with Crippen molar-refractivity contribution in [2.24, 2.45) is 11.8 Å². The maximum atomic E-state index is 2.50. The van der Waals surface area contributed by atoms with Gasteiger partial charge in [-0.25, -0.2) is 0 Å². The zero-order chi connectivity index (χ0) is 10.4. The van der Waals surface area contributed by atoms with Crippen LogP contribution in [0.2, 0.25) is 0 Å². The zero-order valence-corrected chi connectivity index (χ0v) is 12.1. The van der Waals surface area contributed by atoms with E-state index in [1.54, 1.807) is 0 Å². The molecule has 0 spiro atoms. The van der Waals surface area contributed by atoms with Crippen LogP contribution in [0.5, 0.6) is 0 Å². The second-order valence-corrected chi connectivity index (χ2v) is 9.36. The number of halogens is 1. The molecule has 3 heteroatoms. The van der Waals surface area contributed by atoms with Crippen molar-refractivity contribution in [1.29, 1.82) is 0 Å². The van der Waals surface area contributed by atoms with E-state index in [-0.39, 0.29) is 0 Å². The van der Waals surface area contributed by atoms with Crippen LogP contribution in [0.4, 0.5) is 0 Å². The molecule has 2 nitrogen and oxygen atoms in total. The maximum absolute atomic E-state index is 2.50. The predicted molar refractivity (Wildman–Crippen MR) is 55.3 cm³/mol. The molecule has 2 heterocycles. The van der Waals surface area contributed by atoms with Crippen LogP contribution in [0.3, 0.4) is 0 Å². The van der Waals surface area contributed by atoms with E-state index in [9.17, 15) is 0 Å². The number of hydrogen-bond acceptors (Lipinski definition) is 0. The average molecular weight is 311 g/mol. The molecule has 2 rings (SSSR count). The monoisotopic (exact) mass is 311 g/mol. The first-order valence-corrected chi connectivity index (χ1v) is 8.73. The normalized spacial score (nSPS) is 46.6. The number of quaternary nitrogens is 2. The Bertz CT molecular complexity index is 211. The van der Waals surface area contributed by atoms with E-state index in [4.69, 9.17) is 0 Å². The van der Waals surface area contributed by atoms with Crippen LogP contribution in [0.15, 0.2) is 0 Å². The summed E-state index contributed by atoms with van der Waals surface area (Å²) < 4.78 is 2.71. The Hall–Kier alpha value is 0.650. The fourth-order valence-corrected chi connectivity index (χ4v) is 5.55. The fraction of sp³-hybridized carbons (Fsp3) is 1.00. The summed E-state index contributed by atoms with van der Waals surface area (Å²) >= 11 is 0.375. The Kier molecular flexibility index (Phi) is 2.86. The van der Waals surface area contributed by atoms with Gasteiger partial charge in [0.15, 0.2) is 0 Å². The van der Waals surface area contributed by atoms with E-state index < -0.39 is 0 Å². The van der Waals surface area contributed by atoms with Gasteiger partial charge in [-0.05, 0) is 0 Å². The number of likely N-dealkylation sites (tertiary alicyclic amines) is 2. The van der Waals surface area contributed by atoms with Crippen molar-refractivity contribution in [2.45, 2.75) is 6.42 Å². The van der Waals surface area contributed by atoms with E-state index in [2.05, 4.69) is 26.1 Å². The van der Waals surface area contributed by atoms with Gasteiger partial charge in [0.05, 0.1) is 0 Å². The summed E-state index contributed by atoms with van der Waals surface area (Å²) in [7, 11) is 7.32. The number of nitrogens with zero attached hydrogens (tertiary/aromatic N) is 2. The van der Waals surface area contributed by atoms with E-state index in [0.29, 0.717) is 21.5 Å². The molecule has 84 valence electrons. The van der Waals surface area contributed by atoms with Crippen molar-refractivity contribution in [1.82, 2.24) is 0 Å². The van der Waals surface area contributed by atoms with Crippen molar-refractivity contribution in [3.63, 3.8) is 0 Å². The molecule has 2 saturated heterocycles. The molecule has 0 aliphatic carbocycles. The molecule has 2 aliphatic rings. The van der Waals surface area contributed by atoms with E-state index in [1.807, 2.05) is 0 Å². The predicted octanol–water partition coefficient (Wildman–Crippen LogP) is -2.21. The van der Waals surface area contributed by atoms with Gasteiger partial charge in [-0.3, -0.25) is 0 Å². The molecule has 14 heavy (non-hydrogen) atoms. The Morgan fingerprint density at radius 1 is 0.929 bits per heavy atom. The molecule has 0 aromatic heterocycles. The molecule has 0 aromatic carbocycles. The van der Waals surface area contributed by atoms with Crippen LogP contribution >= 0.6 is 0 Å². The minimum absolute atomic E-state index is 0.375. The Balaban J connectivity index is 2.09. The summed E-state index contributed by atoms with van der Waals surface area (Å²) in [5.74, 6) is 2.03. The van der Waals surface area contributed by atoms with Gasteiger partial charge in [-0.1, -0.05) is 0 Å². The van der Waals surface area contributed by atoms with Gasteiger partial charge in [-0.15, -0.1) is 0 Å². The first kappa shape index (κ1) is 11.1. The van der Waals surface area contributed by atoms with Crippen molar-refractivity contribution in [3.05, 3.63) is 0 Å². The molecule has 2 unspecified atom stereocenters. The Labute approximate surface area is 99.1 Å². The molecule has 0 amide bonds. The van der Waals surface area contributed by atoms with Crippen LogP contribution in [-0.2, 0) is 0 Å². The molecule has 2 atom stereocenters. The first-order chi connectivity index (χ1) is 6.42. The van der Waals surface area contributed by atoms with Crippen molar-refractivity contribution in [3.8, 4) is 0 Å². The van der Waals surface area contributed by atoms with E-state index in [0.717, 1.165) is 11.8 Å². The van der Waals surface area contributed by atoms with Gasteiger partial charge in [0.2, 0.25) is 0 Å². The summed E-state index contributed by atoms with van der Waals surface area (Å²) in [6, 6.07) is 0. The molecular weight excluding hydrogens is 287 g/mol. The first-order valence-electron chi connectivity index (χ1n) is 5.60. The van der Waals surface area contributed by atoms with Crippen LogP contribution < -0.4 is 21.5 Å². The van der Waals surface area contributed by atoms with E-state index in [1.165, 1.54) is 39.8 Å². The second-order valence-electron chi connectivity index (χ2n) is 6.07. The van der Waals surface area contributed by atoms with Crippen molar-refractivity contribution in [2.75, 3.05) is 52.3 Å². The molecule has 0 aromatic rings. The van der Waals surface area contributed by atoms with Gasteiger partial charge in [0, 0.05) is 0 Å². The number of fused-ring (bicyclic) bond motifs is 2. The Morgan fingerprint density at radius 2 is 1.43 bits per heavy atom. The number of alkyl halides is 1. The van der Waals surface area contributed by atoms with Crippen LogP contribution in [-0.4, -0.2) is 59.4 Å². The van der Waals surface area contributed by atoms with Crippen molar-refractivity contribution < 1.29 is 28.7 Å². The molecule has 2 fully saturated rings. The van der Waals surface area contributed by atoms with Crippen LogP contribution in [0, 0.1) is 11.8 Å². The minimum atomic E-state index is 0.375. The van der Waals surface area contributed by atoms with Gasteiger partial charge >= 0.3 is 99.2 Å². The third-order valence-electron chi connectivity index (χ3n) is 3.86. The summed E-state index contributed by atoms with van der Waals surface area (Å²) in [4.78, 5) is 2.46. The van der Waals surface area contributed by atoms with Crippen molar-refractivity contribution >= 4 is 0 Å². The summed E-state index contributed by atoms with van der Waals surface area (Å²) in [6.07, 6.45) is 1.53. The molecule has 2 aliphatic heterocycles. The molecule has 0 radical (unpaired) electrons. The average Bonchev–Trinajstić information content (AvgIpc) is 1.99. The summed E-state index contributed by atoms with van der Waals surface area (Å²) in [6.45, 7) is 5.80. The van der Waals surface area contributed by atoms with Gasteiger partial charge < -0.3 is 0 Å². The molecule has 2 bridgehead atoms. The number of piperidine rings is 2. The summed E-state index contributed by atoms with van der Waals surface area (Å²) in [5, 5.41) is 0. The SMILES string of the molecule is C[I-][N+]1(C)CC2CC(C[N+](C)(C)C2)C1. The topological polar surface area (TPSA) is 0 Å². The Morgan fingerprint density at radius 3 is 1.86 bits per heavy atom. The molecule has 0 N–H and O–H groups in total. The van der Waals surface area contributed by atoms with E-state index >= 15 is 0 Å². The van der Waals surface area contributed by atoms with Gasteiger partial charge in [0.1, 0.15) is 0 Å². The number of rotatable bonds is 1. The van der Waals surface area contributed by atoms with Crippen LogP contribution in [0.1, 0.15) is 6.42 Å².